The lowest BCUT2D eigenvalue weighted by molar-refractivity contribution is -0.384. The maximum Gasteiger partial charge on any atom is 0.269 e. The van der Waals surface area contributed by atoms with Crippen molar-refractivity contribution in [3.8, 4) is 11.4 Å². The number of hydrogen-bond acceptors (Lipinski definition) is 6. The topological polar surface area (TPSA) is 101 Å². The lowest BCUT2D eigenvalue weighted by atomic mass is 10.2. The fourth-order valence-corrected chi connectivity index (χ4v) is 3.47. The zero-order valence-electron chi connectivity index (χ0n) is 16.4. The van der Waals surface area contributed by atoms with Gasteiger partial charge in [0.2, 0.25) is 5.91 Å². The van der Waals surface area contributed by atoms with Crippen molar-refractivity contribution in [2.24, 2.45) is 0 Å². The van der Waals surface area contributed by atoms with E-state index in [-0.39, 0.29) is 17.9 Å². The van der Waals surface area contributed by atoms with Gasteiger partial charge < -0.3 is 10.2 Å². The summed E-state index contributed by atoms with van der Waals surface area (Å²) in [5.41, 5.74) is 0.785. The molecule has 2 heterocycles. The number of aromatic nitrogens is 2. The van der Waals surface area contributed by atoms with Crippen LogP contribution in [0.1, 0.15) is 12.1 Å². The Morgan fingerprint density at radius 3 is 2.45 bits per heavy atom. The Bertz CT molecular complexity index is 1150. The highest BCUT2D eigenvalue weighted by atomic mass is 19.1. The minimum absolute atomic E-state index is 0.0493. The second-order valence-electron chi connectivity index (χ2n) is 7.07. The van der Waals surface area contributed by atoms with Gasteiger partial charge in [-0.05, 0) is 37.6 Å². The van der Waals surface area contributed by atoms with E-state index in [1.54, 1.807) is 25.1 Å². The number of nitro groups is 1. The summed E-state index contributed by atoms with van der Waals surface area (Å²) < 4.78 is 28.2. The molecule has 0 radical (unpaired) electrons. The molecule has 0 saturated carbocycles. The third-order valence-corrected chi connectivity index (χ3v) is 4.93. The summed E-state index contributed by atoms with van der Waals surface area (Å²) in [6.07, 6.45) is 0.336. The SMILES string of the molecule is Cc1cc(NC2CCN(c3c(F)cccc3F)C2=O)nc(-c2ccc([N+](=O)[O-])cc2)n1. The largest absolute Gasteiger partial charge is 0.358 e. The summed E-state index contributed by atoms with van der Waals surface area (Å²) >= 11 is 0. The average Bonchev–Trinajstić information content (AvgIpc) is 3.07. The molecular formula is C21H17F2N5O3. The van der Waals surface area contributed by atoms with Crippen LogP contribution in [-0.2, 0) is 4.79 Å². The van der Waals surface area contributed by atoms with Crippen molar-refractivity contribution >= 4 is 23.1 Å². The first-order valence-electron chi connectivity index (χ1n) is 9.46. The zero-order valence-corrected chi connectivity index (χ0v) is 16.4. The van der Waals surface area contributed by atoms with Gasteiger partial charge in [-0.3, -0.25) is 14.9 Å². The van der Waals surface area contributed by atoms with Crippen LogP contribution < -0.4 is 10.2 Å². The number of nitrogens with one attached hydrogen (secondary N) is 1. The van der Waals surface area contributed by atoms with Crippen LogP contribution in [-0.4, -0.2) is 33.4 Å². The van der Waals surface area contributed by atoms with Crippen LogP contribution in [0.5, 0.6) is 0 Å². The molecule has 158 valence electrons. The van der Waals surface area contributed by atoms with Crippen LogP contribution in [0, 0.1) is 28.7 Å². The fraction of sp³-hybridized carbons (Fsp3) is 0.190. The van der Waals surface area contributed by atoms with E-state index in [9.17, 15) is 23.7 Å². The van der Waals surface area contributed by atoms with Crippen LogP contribution in [0.4, 0.5) is 26.0 Å². The van der Waals surface area contributed by atoms with E-state index in [2.05, 4.69) is 15.3 Å². The van der Waals surface area contributed by atoms with Crippen molar-refractivity contribution < 1.29 is 18.5 Å². The van der Waals surface area contributed by atoms with Gasteiger partial charge in [-0.1, -0.05) is 6.07 Å². The Hall–Kier alpha value is -3.95. The summed E-state index contributed by atoms with van der Waals surface area (Å²) in [5, 5.41) is 13.8. The monoisotopic (exact) mass is 425 g/mol. The molecule has 1 unspecified atom stereocenters. The number of benzene rings is 2. The van der Waals surface area contributed by atoms with Crippen LogP contribution in [0.15, 0.2) is 48.5 Å². The molecule has 0 aliphatic carbocycles. The third kappa shape index (κ3) is 4.04. The molecule has 1 amide bonds. The van der Waals surface area contributed by atoms with E-state index in [1.165, 1.54) is 18.2 Å². The quantitative estimate of drug-likeness (QED) is 0.492. The van der Waals surface area contributed by atoms with E-state index in [0.29, 0.717) is 29.3 Å². The number of anilines is 2. The first-order valence-corrected chi connectivity index (χ1v) is 9.46. The summed E-state index contributed by atoms with van der Waals surface area (Å²) in [6, 6.07) is 10.2. The lowest BCUT2D eigenvalue weighted by Gasteiger charge is -2.19. The molecule has 0 bridgehead atoms. The van der Waals surface area contributed by atoms with Crippen molar-refractivity contribution in [1.29, 1.82) is 0 Å². The fourth-order valence-electron chi connectivity index (χ4n) is 3.47. The summed E-state index contributed by atoms with van der Waals surface area (Å²) in [7, 11) is 0. The molecule has 1 atom stereocenters. The van der Waals surface area contributed by atoms with Gasteiger partial charge >= 0.3 is 0 Å². The normalized spacial score (nSPS) is 15.9. The Morgan fingerprint density at radius 2 is 1.81 bits per heavy atom. The molecule has 2 aromatic carbocycles. The maximum absolute atomic E-state index is 14.1. The van der Waals surface area contributed by atoms with E-state index >= 15 is 0 Å². The van der Waals surface area contributed by atoms with Crippen LogP contribution in [0.3, 0.4) is 0 Å². The highest BCUT2D eigenvalue weighted by molar-refractivity contribution is 6.01. The molecule has 4 rings (SSSR count). The first-order chi connectivity index (χ1) is 14.8. The molecule has 1 aliphatic heterocycles. The molecule has 1 aliphatic rings. The zero-order chi connectivity index (χ0) is 22.1. The Morgan fingerprint density at radius 1 is 1.13 bits per heavy atom. The molecule has 1 fully saturated rings. The van der Waals surface area contributed by atoms with Gasteiger partial charge in [0.25, 0.3) is 5.69 Å². The highest BCUT2D eigenvalue weighted by Gasteiger charge is 2.35. The van der Waals surface area contributed by atoms with Gasteiger partial charge in [0.05, 0.1) is 4.92 Å². The minimum Gasteiger partial charge on any atom is -0.358 e. The standard InChI is InChI=1S/C21H17F2N5O3/c1-12-11-18(26-20(24-12)13-5-7-14(8-6-13)28(30)31)25-17-9-10-27(21(17)29)19-15(22)3-2-4-16(19)23/h2-8,11,17H,9-10H2,1H3,(H,24,25,26). The number of nitrogens with zero attached hydrogens (tertiary/aromatic N) is 4. The molecule has 1 aromatic heterocycles. The molecule has 10 heteroatoms. The predicted octanol–water partition coefficient (Wildman–Crippen LogP) is 3.86. The molecule has 31 heavy (non-hydrogen) atoms. The van der Waals surface area contributed by atoms with Gasteiger partial charge in [-0.2, -0.15) is 0 Å². The second kappa shape index (κ2) is 8.05. The van der Waals surface area contributed by atoms with Crippen LogP contribution in [0.2, 0.25) is 0 Å². The number of para-hydroxylation sites is 1. The number of rotatable bonds is 5. The van der Waals surface area contributed by atoms with Gasteiger partial charge in [0.1, 0.15) is 29.2 Å². The third-order valence-electron chi connectivity index (χ3n) is 4.93. The Kier molecular flexibility index (Phi) is 5.28. The van der Waals surface area contributed by atoms with Gasteiger partial charge in [-0.25, -0.2) is 18.7 Å². The number of non-ortho nitro benzene ring substituents is 1. The van der Waals surface area contributed by atoms with Crippen molar-refractivity contribution in [2.75, 3.05) is 16.8 Å². The number of amides is 1. The molecule has 8 nitrogen and oxygen atoms in total. The summed E-state index contributed by atoms with van der Waals surface area (Å²) in [5.74, 6) is -1.35. The van der Waals surface area contributed by atoms with E-state index in [1.807, 2.05) is 0 Å². The maximum atomic E-state index is 14.1. The van der Waals surface area contributed by atoms with Gasteiger partial charge in [0, 0.05) is 36.0 Å². The van der Waals surface area contributed by atoms with Crippen molar-refractivity contribution in [2.45, 2.75) is 19.4 Å². The summed E-state index contributed by atoms with van der Waals surface area (Å²) in [6.45, 7) is 1.91. The van der Waals surface area contributed by atoms with E-state index in [4.69, 9.17) is 0 Å². The Balaban J connectivity index is 1.56. The summed E-state index contributed by atoms with van der Waals surface area (Å²) in [4.78, 5) is 32.9. The van der Waals surface area contributed by atoms with Crippen molar-refractivity contribution in [3.05, 3.63) is 76.0 Å². The number of nitro benzene ring substituents is 1. The van der Waals surface area contributed by atoms with Gasteiger partial charge in [-0.15, -0.1) is 0 Å². The number of halogens is 2. The number of hydrogen-bond donors (Lipinski definition) is 1. The first kappa shape index (κ1) is 20.3. The molecule has 0 spiro atoms. The van der Waals surface area contributed by atoms with E-state index in [0.717, 1.165) is 17.0 Å². The molecule has 3 aromatic rings. The predicted molar refractivity (Wildman–Crippen MR) is 110 cm³/mol. The number of aryl methyl sites for hydroxylation is 1. The molecule has 1 N–H and O–H groups in total. The molecular weight excluding hydrogens is 408 g/mol. The average molecular weight is 425 g/mol. The highest BCUT2D eigenvalue weighted by Crippen LogP contribution is 2.29. The lowest BCUT2D eigenvalue weighted by Crippen LogP contribution is -2.34. The second-order valence-corrected chi connectivity index (χ2v) is 7.07. The van der Waals surface area contributed by atoms with Crippen molar-refractivity contribution in [3.63, 3.8) is 0 Å². The number of carbonyl (C=O) groups is 1. The smallest absolute Gasteiger partial charge is 0.269 e. The van der Waals surface area contributed by atoms with Crippen molar-refractivity contribution in [1.82, 2.24) is 9.97 Å². The van der Waals surface area contributed by atoms with E-state index < -0.39 is 28.5 Å². The molecule has 1 saturated heterocycles. The Labute approximate surface area is 175 Å². The van der Waals surface area contributed by atoms with Crippen LogP contribution in [0.25, 0.3) is 11.4 Å². The van der Waals surface area contributed by atoms with Gasteiger partial charge in [0.15, 0.2) is 5.82 Å². The number of carbonyl (C=O) groups excluding carboxylic acids is 1. The van der Waals surface area contributed by atoms with Crippen LogP contribution >= 0.6 is 0 Å². The minimum atomic E-state index is -0.799.